The van der Waals surface area contributed by atoms with E-state index in [2.05, 4.69) is 20.9 Å². The van der Waals surface area contributed by atoms with E-state index in [1.165, 1.54) is 0 Å². The van der Waals surface area contributed by atoms with Crippen LogP contribution in [0.1, 0.15) is 33.6 Å². The van der Waals surface area contributed by atoms with Crippen molar-refractivity contribution < 1.29 is 9.59 Å². The Balaban J connectivity index is 0.00000361. The van der Waals surface area contributed by atoms with E-state index >= 15 is 0 Å². The molecule has 0 spiro atoms. The van der Waals surface area contributed by atoms with Gasteiger partial charge < -0.3 is 10.6 Å². The zero-order valence-corrected chi connectivity index (χ0v) is 13.6. The number of nitrogens with one attached hydrogen (secondary N) is 3. The predicted octanol–water partition coefficient (Wildman–Crippen LogP) is 0.716. The Morgan fingerprint density at radius 1 is 1.30 bits per heavy atom. The quantitative estimate of drug-likeness (QED) is 0.718. The molecule has 1 rings (SSSR count). The van der Waals surface area contributed by atoms with Gasteiger partial charge in [0, 0.05) is 18.1 Å². The van der Waals surface area contributed by atoms with Crippen molar-refractivity contribution >= 4 is 24.3 Å². The smallest absolute Gasteiger partial charge is 0.321 e. The standard InChI is InChI=1S/C13H26N4O2.ClH/c1-13(2,3)16-12(19)15-11(18)9-17-7-5-6-10(8-17)14-4;/h10,14H,5-9H2,1-4H3,(H2,15,16,18,19);1H. The lowest BCUT2D eigenvalue weighted by atomic mass is 10.1. The van der Waals surface area contributed by atoms with Gasteiger partial charge in [-0.2, -0.15) is 0 Å². The summed E-state index contributed by atoms with van der Waals surface area (Å²) in [7, 11) is 1.94. The van der Waals surface area contributed by atoms with Crippen molar-refractivity contribution in [3.63, 3.8) is 0 Å². The van der Waals surface area contributed by atoms with Crippen LogP contribution < -0.4 is 16.0 Å². The maximum atomic E-state index is 11.8. The van der Waals surface area contributed by atoms with Gasteiger partial charge in [0.05, 0.1) is 6.54 Å². The fourth-order valence-electron chi connectivity index (χ4n) is 2.18. The highest BCUT2D eigenvalue weighted by Crippen LogP contribution is 2.08. The summed E-state index contributed by atoms with van der Waals surface area (Å²) in [6, 6.07) is 0.00428. The van der Waals surface area contributed by atoms with E-state index < -0.39 is 6.03 Å². The SMILES string of the molecule is CNC1CCCN(CC(=O)NC(=O)NC(C)(C)C)C1.Cl. The van der Waals surface area contributed by atoms with Gasteiger partial charge in [-0.25, -0.2) is 4.79 Å². The lowest BCUT2D eigenvalue weighted by Gasteiger charge is -2.31. The van der Waals surface area contributed by atoms with Gasteiger partial charge in [-0.3, -0.25) is 15.0 Å². The Morgan fingerprint density at radius 3 is 2.50 bits per heavy atom. The number of hydrogen-bond donors (Lipinski definition) is 3. The summed E-state index contributed by atoms with van der Waals surface area (Å²) in [5.41, 5.74) is -0.341. The van der Waals surface area contributed by atoms with Gasteiger partial charge in [0.1, 0.15) is 0 Å². The van der Waals surface area contributed by atoms with Crippen molar-refractivity contribution in [3.8, 4) is 0 Å². The summed E-state index contributed by atoms with van der Waals surface area (Å²) in [5.74, 6) is -0.251. The monoisotopic (exact) mass is 306 g/mol. The third kappa shape index (κ3) is 7.67. The first-order valence-corrected chi connectivity index (χ1v) is 6.82. The number of urea groups is 1. The van der Waals surface area contributed by atoms with Gasteiger partial charge in [0.25, 0.3) is 0 Å². The van der Waals surface area contributed by atoms with Crippen LogP contribution in [0.2, 0.25) is 0 Å². The number of carbonyl (C=O) groups is 2. The van der Waals surface area contributed by atoms with Crippen molar-refractivity contribution in [2.45, 2.75) is 45.2 Å². The molecule has 0 saturated carbocycles. The molecule has 0 radical (unpaired) electrons. The third-order valence-corrected chi connectivity index (χ3v) is 3.02. The average molecular weight is 307 g/mol. The molecule has 7 heteroatoms. The number of imide groups is 1. The third-order valence-electron chi connectivity index (χ3n) is 3.02. The van der Waals surface area contributed by atoms with Gasteiger partial charge in [0.15, 0.2) is 0 Å². The number of halogens is 1. The van der Waals surface area contributed by atoms with Crippen LogP contribution in [0.3, 0.4) is 0 Å². The molecule has 0 aromatic heterocycles. The number of nitrogens with zero attached hydrogens (tertiary/aromatic N) is 1. The minimum absolute atomic E-state index is 0. The highest BCUT2D eigenvalue weighted by atomic mass is 35.5. The molecule has 118 valence electrons. The summed E-state index contributed by atoms with van der Waals surface area (Å²) in [5, 5.41) is 8.30. The normalized spacial score (nSPS) is 19.9. The molecular weight excluding hydrogens is 280 g/mol. The van der Waals surface area contributed by atoms with E-state index in [1.54, 1.807) is 0 Å². The van der Waals surface area contributed by atoms with E-state index in [4.69, 9.17) is 0 Å². The molecule has 1 aliphatic rings. The van der Waals surface area contributed by atoms with Gasteiger partial charge in [0.2, 0.25) is 5.91 Å². The Morgan fingerprint density at radius 2 is 1.95 bits per heavy atom. The first kappa shape index (κ1) is 19.1. The molecule has 1 atom stereocenters. The average Bonchev–Trinajstić information content (AvgIpc) is 2.26. The van der Waals surface area contributed by atoms with Crippen molar-refractivity contribution in [3.05, 3.63) is 0 Å². The van der Waals surface area contributed by atoms with Gasteiger partial charge >= 0.3 is 6.03 Å². The number of hydrogen-bond acceptors (Lipinski definition) is 4. The zero-order chi connectivity index (χ0) is 14.5. The molecule has 1 aliphatic heterocycles. The van der Waals surface area contributed by atoms with Crippen LogP contribution in [-0.2, 0) is 4.79 Å². The molecule has 6 nitrogen and oxygen atoms in total. The summed E-state index contributed by atoms with van der Waals surface area (Å²) in [6.45, 7) is 7.66. The first-order chi connectivity index (χ1) is 8.80. The maximum Gasteiger partial charge on any atom is 0.321 e. The Hall–Kier alpha value is -0.850. The highest BCUT2D eigenvalue weighted by molar-refractivity contribution is 5.95. The predicted molar refractivity (Wildman–Crippen MR) is 82.2 cm³/mol. The lowest BCUT2D eigenvalue weighted by Crippen LogP contribution is -2.52. The molecule has 0 aromatic carbocycles. The van der Waals surface area contributed by atoms with E-state index in [0.29, 0.717) is 6.04 Å². The molecule has 20 heavy (non-hydrogen) atoms. The zero-order valence-electron chi connectivity index (χ0n) is 12.8. The fraction of sp³-hybridized carbons (Fsp3) is 0.846. The van der Waals surface area contributed by atoms with Gasteiger partial charge in [-0.15, -0.1) is 12.4 Å². The summed E-state index contributed by atoms with van der Waals surface area (Å²) >= 11 is 0. The number of piperidine rings is 1. The number of carbonyl (C=O) groups excluding carboxylic acids is 2. The number of likely N-dealkylation sites (tertiary alicyclic amines) is 1. The van der Waals surface area contributed by atoms with Crippen LogP contribution in [0.4, 0.5) is 4.79 Å². The second kappa shape index (κ2) is 8.44. The van der Waals surface area contributed by atoms with E-state index in [0.717, 1.165) is 25.9 Å². The molecule has 0 aliphatic carbocycles. The second-order valence-electron chi connectivity index (χ2n) is 6.12. The second-order valence-corrected chi connectivity index (χ2v) is 6.12. The van der Waals surface area contributed by atoms with Crippen LogP contribution in [0, 0.1) is 0 Å². The summed E-state index contributed by atoms with van der Waals surface area (Å²) < 4.78 is 0. The molecule has 3 N–H and O–H groups in total. The van der Waals surface area contributed by atoms with Crippen molar-refractivity contribution in [1.29, 1.82) is 0 Å². The number of rotatable bonds is 3. The van der Waals surface area contributed by atoms with Crippen LogP contribution >= 0.6 is 12.4 Å². The topological polar surface area (TPSA) is 73.5 Å². The molecule has 3 amide bonds. The Kier molecular flexibility index (Phi) is 8.08. The van der Waals surface area contributed by atoms with E-state index in [-0.39, 0.29) is 30.4 Å². The Bertz CT molecular complexity index is 331. The minimum atomic E-state index is -0.431. The summed E-state index contributed by atoms with van der Waals surface area (Å²) in [4.78, 5) is 25.4. The van der Waals surface area contributed by atoms with Crippen LogP contribution in [0.5, 0.6) is 0 Å². The van der Waals surface area contributed by atoms with Crippen LogP contribution in [0.25, 0.3) is 0 Å². The van der Waals surface area contributed by atoms with Crippen LogP contribution in [-0.4, -0.2) is 55.1 Å². The van der Waals surface area contributed by atoms with Crippen molar-refractivity contribution in [2.75, 3.05) is 26.7 Å². The minimum Gasteiger partial charge on any atom is -0.333 e. The molecule has 1 saturated heterocycles. The molecular formula is C13H27ClN4O2. The largest absolute Gasteiger partial charge is 0.333 e. The van der Waals surface area contributed by atoms with Crippen LogP contribution in [0.15, 0.2) is 0 Å². The van der Waals surface area contributed by atoms with Gasteiger partial charge in [-0.05, 0) is 47.2 Å². The molecule has 1 fully saturated rings. The Labute approximate surface area is 127 Å². The number of likely N-dealkylation sites (N-methyl/N-ethyl adjacent to an activating group) is 1. The summed E-state index contributed by atoms with van der Waals surface area (Å²) in [6.07, 6.45) is 2.21. The first-order valence-electron chi connectivity index (χ1n) is 6.82. The van der Waals surface area contributed by atoms with Crippen molar-refractivity contribution in [1.82, 2.24) is 20.9 Å². The molecule has 0 bridgehead atoms. The van der Waals surface area contributed by atoms with Gasteiger partial charge in [-0.1, -0.05) is 0 Å². The fourth-order valence-corrected chi connectivity index (χ4v) is 2.18. The maximum absolute atomic E-state index is 11.8. The number of amides is 3. The van der Waals surface area contributed by atoms with E-state index in [1.807, 2.05) is 27.8 Å². The lowest BCUT2D eigenvalue weighted by molar-refractivity contribution is -0.121. The highest BCUT2D eigenvalue weighted by Gasteiger charge is 2.21. The molecule has 1 heterocycles. The van der Waals surface area contributed by atoms with Crippen molar-refractivity contribution in [2.24, 2.45) is 0 Å². The molecule has 0 aromatic rings. The molecule has 1 unspecified atom stereocenters. The van der Waals surface area contributed by atoms with E-state index in [9.17, 15) is 9.59 Å².